The second-order valence-electron chi connectivity index (χ2n) is 7.54. The van der Waals surface area contributed by atoms with Crippen molar-refractivity contribution in [3.63, 3.8) is 0 Å². The van der Waals surface area contributed by atoms with Crippen molar-refractivity contribution in [3.8, 4) is 0 Å². The fraction of sp³-hybridized carbons (Fsp3) is 0.667. The number of nitrogens with one attached hydrogen (secondary N) is 1. The van der Waals surface area contributed by atoms with Gasteiger partial charge in [-0.2, -0.15) is 0 Å². The predicted molar refractivity (Wildman–Crippen MR) is 89.3 cm³/mol. The summed E-state index contributed by atoms with van der Waals surface area (Å²) in [5, 5.41) is 3.68. The highest BCUT2D eigenvalue weighted by molar-refractivity contribution is 5.26. The Morgan fingerprint density at radius 1 is 1.05 bits per heavy atom. The molecule has 0 saturated carbocycles. The van der Waals surface area contributed by atoms with Crippen LogP contribution in [0.3, 0.4) is 0 Å². The summed E-state index contributed by atoms with van der Waals surface area (Å²) in [7, 11) is 2.21. The van der Waals surface area contributed by atoms with Gasteiger partial charge in [0, 0.05) is 30.1 Å². The Labute approximate surface area is 125 Å². The van der Waals surface area contributed by atoms with Crippen LogP contribution in [-0.4, -0.2) is 36.6 Å². The van der Waals surface area contributed by atoms with Gasteiger partial charge < -0.3 is 10.2 Å². The SMILES string of the molecule is CC(C)N(C)CC(C)(CNC(C)(C)C)c1ccccc1. The number of likely N-dealkylation sites (N-methyl/N-ethyl adjacent to an activating group) is 1. The fourth-order valence-electron chi connectivity index (χ4n) is 2.28. The third-order valence-corrected chi connectivity index (χ3v) is 3.96. The lowest BCUT2D eigenvalue weighted by Crippen LogP contribution is -2.50. The molecular formula is C18H32N2. The van der Waals surface area contributed by atoms with Gasteiger partial charge in [0.1, 0.15) is 0 Å². The Morgan fingerprint density at radius 2 is 1.60 bits per heavy atom. The Balaban J connectivity index is 2.94. The lowest BCUT2D eigenvalue weighted by atomic mass is 9.81. The fourth-order valence-corrected chi connectivity index (χ4v) is 2.28. The average molecular weight is 276 g/mol. The maximum absolute atomic E-state index is 3.68. The molecule has 20 heavy (non-hydrogen) atoms. The van der Waals surface area contributed by atoms with E-state index in [1.807, 2.05) is 0 Å². The molecule has 1 rings (SSSR count). The van der Waals surface area contributed by atoms with Crippen molar-refractivity contribution in [3.05, 3.63) is 35.9 Å². The largest absolute Gasteiger partial charge is 0.311 e. The summed E-state index contributed by atoms with van der Waals surface area (Å²) in [4.78, 5) is 2.43. The number of benzene rings is 1. The third kappa shape index (κ3) is 5.26. The number of hydrogen-bond acceptors (Lipinski definition) is 2. The van der Waals surface area contributed by atoms with E-state index in [0.717, 1.165) is 13.1 Å². The van der Waals surface area contributed by atoms with E-state index in [2.05, 4.69) is 89.1 Å². The summed E-state index contributed by atoms with van der Waals surface area (Å²) in [5.74, 6) is 0. The summed E-state index contributed by atoms with van der Waals surface area (Å²) < 4.78 is 0. The summed E-state index contributed by atoms with van der Waals surface area (Å²) in [5.41, 5.74) is 1.67. The molecular weight excluding hydrogens is 244 g/mol. The smallest absolute Gasteiger partial charge is 0.0177 e. The first-order valence-corrected chi connectivity index (χ1v) is 7.65. The highest BCUT2D eigenvalue weighted by Gasteiger charge is 2.30. The van der Waals surface area contributed by atoms with E-state index in [0.29, 0.717) is 6.04 Å². The molecule has 2 heteroatoms. The van der Waals surface area contributed by atoms with E-state index in [9.17, 15) is 0 Å². The zero-order valence-corrected chi connectivity index (χ0v) is 14.3. The van der Waals surface area contributed by atoms with Gasteiger partial charge in [-0.05, 0) is 47.2 Å². The topological polar surface area (TPSA) is 15.3 Å². The maximum atomic E-state index is 3.68. The lowest BCUT2D eigenvalue weighted by Gasteiger charge is -2.38. The number of nitrogens with zero attached hydrogens (tertiary/aromatic N) is 1. The van der Waals surface area contributed by atoms with Gasteiger partial charge in [0.05, 0.1) is 0 Å². The molecule has 0 fully saturated rings. The van der Waals surface area contributed by atoms with Crippen LogP contribution in [0.25, 0.3) is 0 Å². The molecule has 0 heterocycles. The standard InChI is InChI=1S/C18H32N2/c1-15(2)20(7)14-18(6,13-19-17(3,4)5)16-11-9-8-10-12-16/h8-12,15,19H,13-14H2,1-7H3. The minimum atomic E-state index is 0.119. The van der Waals surface area contributed by atoms with Crippen molar-refractivity contribution in [2.75, 3.05) is 20.1 Å². The van der Waals surface area contributed by atoms with Gasteiger partial charge in [-0.25, -0.2) is 0 Å². The maximum Gasteiger partial charge on any atom is 0.0177 e. The van der Waals surface area contributed by atoms with Crippen molar-refractivity contribution >= 4 is 0 Å². The molecule has 0 amide bonds. The Morgan fingerprint density at radius 3 is 2.05 bits per heavy atom. The minimum Gasteiger partial charge on any atom is -0.311 e. The first kappa shape index (κ1) is 17.2. The first-order valence-electron chi connectivity index (χ1n) is 7.65. The van der Waals surface area contributed by atoms with Crippen LogP contribution in [0, 0.1) is 0 Å². The molecule has 2 nitrogen and oxygen atoms in total. The number of rotatable bonds is 6. The van der Waals surface area contributed by atoms with Gasteiger partial charge in [0.15, 0.2) is 0 Å². The normalized spacial score (nSPS) is 15.7. The van der Waals surface area contributed by atoms with E-state index >= 15 is 0 Å². The predicted octanol–water partition coefficient (Wildman–Crippen LogP) is 3.67. The highest BCUT2D eigenvalue weighted by atomic mass is 15.1. The lowest BCUT2D eigenvalue weighted by molar-refractivity contribution is 0.202. The highest BCUT2D eigenvalue weighted by Crippen LogP contribution is 2.25. The molecule has 0 saturated heterocycles. The zero-order chi connectivity index (χ0) is 15.4. The Kier molecular flexibility index (Phi) is 5.79. The van der Waals surface area contributed by atoms with Gasteiger partial charge in [0.2, 0.25) is 0 Å². The van der Waals surface area contributed by atoms with Crippen molar-refractivity contribution in [2.24, 2.45) is 0 Å². The average Bonchev–Trinajstić information content (AvgIpc) is 2.36. The van der Waals surface area contributed by atoms with E-state index in [-0.39, 0.29) is 11.0 Å². The summed E-state index contributed by atoms with van der Waals surface area (Å²) in [6.45, 7) is 15.6. The summed E-state index contributed by atoms with van der Waals surface area (Å²) in [6, 6.07) is 11.4. The summed E-state index contributed by atoms with van der Waals surface area (Å²) >= 11 is 0. The molecule has 1 aromatic rings. The van der Waals surface area contributed by atoms with Crippen LogP contribution in [-0.2, 0) is 5.41 Å². The van der Waals surface area contributed by atoms with Crippen molar-refractivity contribution < 1.29 is 0 Å². The molecule has 0 radical (unpaired) electrons. The Hall–Kier alpha value is -0.860. The second-order valence-corrected chi connectivity index (χ2v) is 7.54. The molecule has 0 aliphatic heterocycles. The van der Waals surface area contributed by atoms with Gasteiger partial charge in [-0.15, -0.1) is 0 Å². The molecule has 0 spiro atoms. The molecule has 0 bridgehead atoms. The van der Waals surface area contributed by atoms with E-state index < -0.39 is 0 Å². The van der Waals surface area contributed by atoms with Crippen LogP contribution >= 0.6 is 0 Å². The zero-order valence-electron chi connectivity index (χ0n) is 14.3. The molecule has 1 unspecified atom stereocenters. The van der Waals surface area contributed by atoms with Crippen LogP contribution in [0.15, 0.2) is 30.3 Å². The van der Waals surface area contributed by atoms with Gasteiger partial charge in [-0.3, -0.25) is 0 Å². The van der Waals surface area contributed by atoms with E-state index in [1.165, 1.54) is 5.56 Å². The molecule has 114 valence electrons. The van der Waals surface area contributed by atoms with Crippen molar-refractivity contribution in [2.45, 2.75) is 58.5 Å². The molecule has 1 atom stereocenters. The van der Waals surface area contributed by atoms with Crippen LogP contribution < -0.4 is 5.32 Å². The third-order valence-electron chi connectivity index (χ3n) is 3.96. The molecule has 1 N–H and O–H groups in total. The van der Waals surface area contributed by atoms with Crippen LogP contribution in [0.2, 0.25) is 0 Å². The van der Waals surface area contributed by atoms with Crippen LogP contribution in [0.4, 0.5) is 0 Å². The first-order chi connectivity index (χ1) is 9.14. The summed E-state index contributed by atoms with van der Waals surface area (Å²) in [6.07, 6.45) is 0. The van der Waals surface area contributed by atoms with Gasteiger partial charge in [0.25, 0.3) is 0 Å². The number of hydrogen-bond donors (Lipinski definition) is 1. The van der Waals surface area contributed by atoms with Crippen molar-refractivity contribution in [1.29, 1.82) is 0 Å². The molecule has 0 aliphatic carbocycles. The Bertz CT molecular complexity index is 392. The monoisotopic (exact) mass is 276 g/mol. The van der Waals surface area contributed by atoms with E-state index in [1.54, 1.807) is 0 Å². The van der Waals surface area contributed by atoms with E-state index in [4.69, 9.17) is 0 Å². The minimum absolute atomic E-state index is 0.119. The van der Waals surface area contributed by atoms with Crippen molar-refractivity contribution in [1.82, 2.24) is 10.2 Å². The molecule has 1 aromatic carbocycles. The van der Waals surface area contributed by atoms with Crippen LogP contribution in [0.5, 0.6) is 0 Å². The second kappa shape index (κ2) is 6.73. The van der Waals surface area contributed by atoms with Crippen LogP contribution in [0.1, 0.15) is 47.1 Å². The molecule has 0 aliphatic rings. The molecule has 0 aromatic heterocycles. The quantitative estimate of drug-likeness (QED) is 0.853. The van der Waals surface area contributed by atoms with Gasteiger partial charge >= 0.3 is 0 Å². The van der Waals surface area contributed by atoms with Gasteiger partial charge in [-0.1, -0.05) is 37.3 Å².